The van der Waals surface area contributed by atoms with Crippen molar-refractivity contribution in [2.75, 3.05) is 30.4 Å². The van der Waals surface area contributed by atoms with Crippen molar-refractivity contribution in [2.45, 2.75) is 0 Å². The number of rotatable bonds is 3. The van der Waals surface area contributed by atoms with Crippen molar-refractivity contribution in [3.63, 3.8) is 0 Å². The van der Waals surface area contributed by atoms with Gasteiger partial charge in [0.05, 0.1) is 23.7 Å². The van der Waals surface area contributed by atoms with E-state index in [4.69, 9.17) is 27.9 Å². The van der Waals surface area contributed by atoms with E-state index in [0.717, 1.165) is 11.4 Å². The van der Waals surface area contributed by atoms with E-state index in [9.17, 15) is 4.79 Å². The molecule has 0 aromatic heterocycles. The van der Waals surface area contributed by atoms with Gasteiger partial charge < -0.3 is 15.0 Å². The molecule has 25 heavy (non-hydrogen) atoms. The molecule has 2 aromatic carbocycles. The van der Waals surface area contributed by atoms with Gasteiger partial charge in [-0.1, -0.05) is 23.2 Å². The maximum Gasteiger partial charge on any atom is 0.326 e. The lowest BCUT2D eigenvalue weighted by Crippen LogP contribution is -2.43. The lowest BCUT2D eigenvalue weighted by Gasteiger charge is -2.21. The maximum absolute atomic E-state index is 12.2. The van der Waals surface area contributed by atoms with Crippen LogP contribution in [-0.2, 0) is 0 Å². The van der Waals surface area contributed by atoms with Gasteiger partial charge in [0.25, 0.3) is 0 Å². The Balaban J connectivity index is 1.66. The Bertz CT molecular complexity index is 809. The van der Waals surface area contributed by atoms with Crippen LogP contribution in [0.5, 0.6) is 5.75 Å². The molecule has 0 spiro atoms. The molecular formula is C17H16Cl2N4O2. The number of urea groups is 1. The number of benzene rings is 2. The van der Waals surface area contributed by atoms with Gasteiger partial charge in [-0.05, 0) is 42.5 Å². The van der Waals surface area contributed by atoms with Crippen molar-refractivity contribution < 1.29 is 9.53 Å². The Hall–Kier alpha value is -2.44. The highest BCUT2D eigenvalue weighted by atomic mass is 35.5. The summed E-state index contributed by atoms with van der Waals surface area (Å²) < 4.78 is 5.16. The quantitative estimate of drug-likeness (QED) is 0.847. The van der Waals surface area contributed by atoms with Gasteiger partial charge in [-0.3, -0.25) is 10.3 Å². The standard InChI is InChI=1S/C17H16Cl2N4O2/c1-25-13-5-3-12(4-6-13)23-9-8-20-16(23)22-17(24)21-11-2-7-14(18)15(19)10-11/h2-7,10H,8-9H2,1H3,(H2,20,21,22,24). The Morgan fingerprint density at radius 1 is 1.12 bits per heavy atom. The number of hydrogen-bond acceptors (Lipinski definition) is 4. The van der Waals surface area contributed by atoms with E-state index in [1.54, 1.807) is 25.3 Å². The van der Waals surface area contributed by atoms with Gasteiger partial charge in [0.1, 0.15) is 5.75 Å². The summed E-state index contributed by atoms with van der Waals surface area (Å²) >= 11 is 11.8. The summed E-state index contributed by atoms with van der Waals surface area (Å²) in [5.41, 5.74) is 1.47. The topological polar surface area (TPSA) is 66.0 Å². The molecule has 3 rings (SSSR count). The van der Waals surface area contributed by atoms with E-state index in [-0.39, 0.29) is 0 Å². The van der Waals surface area contributed by atoms with Gasteiger partial charge in [0.15, 0.2) is 0 Å². The zero-order valence-corrected chi connectivity index (χ0v) is 14.9. The average molecular weight is 379 g/mol. The zero-order valence-electron chi connectivity index (χ0n) is 13.4. The number of nitrogens with one attached hydrogen (secondary N) is 2. The lowest BCUT2D eigenvalue weighted by molar-refractivity contribution is 0.256. The van der Waals surface area contributed by atoms with Crippen LogP contribution in [0.25, 0.3) is 0 Å². The van der Waals surface area contributed by atoms with Crippen LogP contribution < -0.4 is 20.3 Å². The highest BCUT2D eigenvalue weighted by Gasteiger charge is 2.20. The van der Waals surface area contributed by atoms with Crippen LogP contribution in [0.2, 0.25) is 10.0 Å². The van der Waals surface area contributed by atoms with Gasteiger partial charge in [-0.2, -0.15) is 0 Å². The fourth-order valence-electron chi connectivity index (χ4n) is 2.41. The normalized spacial score (nSPS) is 13.4. The second-order valence-corrected chi connectivity index (χ2v) is 6.08. The van der Waals surface area contributed by atoms with Crippen LogP contribution in [0.1, 0.15) is 0 Å². The molecule has 0 saturated carbocycles. The Morgan fingerprint density at radius 3 is 2.56 bits per heavy atom. The number of halogens is 2. The number of carbonyl (C=O) groups excluding carboxylic acids is 1. The smallest absolute Gasteiger partial charge is 0.326 e. The molecule has 130 valence electrons. The molecule has 0 radical (unpaired) electrons. The Morgan fingerprint density at radius 2 is 1.88 bits per heavy atom. The average Bonchev–Trinajstić information content (AvgIpc) is 3.06. The second-order valence-electron chi connectivity index (χ2n) is 5.26. The number of ether oxygens (including phenoxy) is 1. The third-order valence-corrected chi connectivity index (χ3v) is 4.37. The molecule has 1 aliphatic heterocycles. The molecular weight excluding hydrogens is 363 g/mol. The Labute approximate surface area is 155 Å². The molecule has 0 atom stereocenters. The largest absolute Gasteiger partial charge is 0.497 e. The molecule has 0 bridgehead atoms. The number of methoxy groups -OCH3 is 1. The van der Waals surface area contributed by atoms with E-state index in [1.807, 2.05) is 29.2 Å². The monoisotopic (exact) mass is 378 g/mol. The summed E-state index contributed by atoms with van der Waals surface area (Å²) in [5.74, 6) is 1.26. The molecule has 0 aliphatic carbocycles. The predicted molar refractivity (Wildman–Crippen MR) is 101 cm³/mol. The van der Waals surface area contributed by atoms with Crippen molar-refractivity contribution in [3.05, 3.63) is 52.5 Å². The summed E-state index contributed by atoms with van der Waals surface area (Å²) in [7, 11) is 1.62. The van der Waals surface area contributed by atoms with Crippen molar-refractivity contribution >= 4 is 46.6 Å². The number of hydrogen-bond donors (Lipinski definition) is 2. The number of aliphatic imine (C=N–C) groups is 1. The molecule has 2 aromatic rings. The fourth-order valence-corrected chi connectivity index (χ4v) is 2.70. The number of carbonyl (C=O) groups is 1. The zero-order chi connectivity index (χ0) is 17.8. The highest BCUT2D eigenvalue weighted by Crippen LogP contribution is 2.25. The summed E-state index contributed by atoms with van der Waals surface area (Å²) in [6, 6.07) is 12.0. The molecule has 0 saturated heterocycles. The van der Waals surface area contributed by atoms with Crippen molar-refractivity contribution in [1.82, 2.24) is 5.32 Å². The fraction of sp³-hybridized carbons (Fsp3) is 0.176. The van der Waals surface area contributed by atoms with Crippen LogP contribution in [0.15, 0.2) is 47.5 Å². The maximum atomic E-state index is 12.2. The van der Waals surface area contributed by atoms with E-state index < -0.39 is 6.03 Å². The molecule has 2 N–H and O–H groups in total. The van der Waals surface area contributed by atoms with Gasteiger partial charge >= 0.3 is 6.03 Å². The van der Waals surface area contributed by atoms with E-state index in [1.165, 1.54) is 0 Å². The molecule has 8 heteroatoms. The summed E-state index contributed by atoms with van der Waals surface area (Å²) in [5, 5.41) is 6.27. The highest BCUT2D eigenvalue weighted by molar-refractivity contribution is 6.42. The van der Waals surface area contributed by atoms with Gasteiger partial charge in [-0.15, -0.1) is 0 Å². The molecule has 1 heterocycles. The minimum Gasteiger partial charge on any atom is -0.497 e. The molecule has 2 amide bonds. The first-order chi connectivity index (χ1) is 12.1. The first kappa shape index (κ1) is 17.4. The van der Waals surface area contributed by atoms with E-state index >= 15 is 0 Å². The molecule has 6 nitrogen and oxygen atoms in total. The van der Waals surface area contributed by atoms with Gasteiger partial charge in [-0.25, -0.2) is 4.79 Å². The number of nitrogens with zero attached hydrogens (tertiary/aromatic N) is 2. The van der Waals surface area contributed by atoms with Crippen molar-refractivity contribution in [2.24, 2.45) is 4.99 Å². The van der Waals surface area contributed by atoms with Crippen molar-refractivity contribution in [1.29, 1.82) is 0 Å². The minimum absolute atomic E-state index is 0.373. The number of anilines is 2. The summed E-state index contributed by atoms with van der Waals surface area (Å²) in [6.07, 6.45) is 0. The van der Waals surface area contributed by atoms with Gasteiger partial charge in [0.2, 0.25) is 5.96 Å². The van der Waals surface area contributed by atoms with Gasteiger partial charge in [0, 0.05) is 17.9 Å². The molecule has 0 fully saturated rings. The van der Waals surface area contributed by atoms with Crippen molar-refractivity contribution in [3.8, 4) is 5.75 Å². The van der Waals surface area contributed by atoms with Crippen LogP contribution in [0.4, 0.5) is 16.2 Å². The molecule has 0 unspecified atom stereocenters. The first-order valence-electron chi connectivity index (χ1n) is 7.56. The van der Waals surface area contributed by atoms with Crippen LogP contribution in [0, 0.1) is 0 Å². The van der Waals surface area contributed by atoms with E-state index in [0.29, 0.717) is 34.8 Å². The third kappa shape index (κ3) is 4.15. The second kappa shape index (κ2) is 7.63. The Kier molecular flexibility index (Phi) is 5.31. The third-order valence-electron chi connectivity index (χ3n) is 3.63. The van der Waals surface area contributed by atoms with E-state index in [2.05, 4.69) is 15.6 Å². The minimum atomic E-state index is -0.405. The number of amides is 2. The predicted octanol–water partition coefficient (Wildman–Crippen LogP) is 4.00. The lowest BCUT2D eigenvalue weighted by atomic mass is 10.3. The van der Waals surface area contributed by atoms with Crippen LogP contribution in [0.3, 0.4) is 0 Å². The summed E-state index contributed by atoms with van der Waals surface area (Å²) in [6.45, 7) is 1.29. The van der Waals surface area contributed by atoms with Crippen LogP contribution in [-0.4, -0.2) is 32.2 Å². The number of guanidine groups is 1. The molecule has 1 aliphatic rings. The summed E-state index contributed by atoms with van der Waals surface area (Å²) in [4.78, 5) is 18.5. The van der Waals surface area contributed by atoms with Crippen LogP contribution >= 0.6 is 23.2 Å². The SMILES string of the molecule is COc1ccc(N2CCN=C2NC(=O)Nc2ccc(Cl)c(Cl)c2)cc1. The first-order valence-corrected chi connectivity index (χ1v) is 8.31.